The van der Waals surface area contributed by atoms with E-state index in [1.807, 2.05) is 34.8 Å². The van der Waals surface area contributed by atoms with Crippen LogP contribution in [-0.4, -0.2) is 0 Å². The third-order valence-corrected chi connectivity index (χ3v) is 13.8. The molecule has 0 atom stereocenters. The molecule has 3 aromatic heterocycles. The van der Waals surface area contributed by atoms with Gasteiger partial charge in [0, 0.05) is 68.2 Å². The molecule has 0 aliphatic carbocycles. The van der Waals surface area contributed by atoms with Crippen LogP contribution in [0.2, 0.25) is 0 Å². The van der Waals surface area contributed by atoms with Crippen LogP contribution in [0.25, 0.3) is 95.7 Å². The minimum absolute atomic E-state index is 0.909. The summed E-state index contributed by atoms with van der Waals surface area (Å²) in [5.41, 5.74) is 12.3. The van der Waals surface area contributed by atoms with E-state index >= 15 is 0 Å². The summed E-state index contributed by atoms with van der Waals surface area (Å²) < 4.78 is 11.4. The Labute approximate surface area is 343 Å². The first-order valence-electron chi connectivity index (χ1n) is 19.6. The molecule has 0 N–H and O–H groups in total. The van der Waals surface area contributed by atoms with Crippen molar-refractivity contribution >= 4 is 102 Å². The Morgan fingerprint density at radius 3 is 1.14 bits per heavy atom. The molecule has 0 aliphatic heterocycles. The number of fused-ring (bicyclic) bond motifs is 9. The Hall–Kier alpha value is -6.98. The number of anilines is 3. The molecule has 272 valence electrons. The molecule has 12 rings (SSSR count). The SMILES string of the molecule is c1ccc2c(c1)oc1ccc(-c3ccc(N(c4ccc(-c5ccc6sc7ccccc7c6c5)cc4)c4ccc(-c5ccc6sc7ccccc7c6c5)cc4)cc3)cc12. The van der Waals surface area contributed by atoms with E-state index < -0.39 is 0 Å². The zero-order valence-electron chi connectivity index (χ0n) is 31.2. The third kappa shape index (κ3) is 5.53. The summed E-state index contributed by atoms with van der Waals surface area (Å²) in [7, 11) is 0. The molecule has 0 radical (unpaired) electrons. The third-order valence-electron chi connectivity index (χ3n) is 11.5. The van der Waals surface area contributed by atoms with E-state index in [0.29, 0.717) is 0 Å². The predicted molar refractivity (Wildman–Crippen MR) is 250 cm³/mol. The number of thiophene rings is 2. The fraction of sp³-hybridized carbons (Fsp3) is 0. The lowest BCUT2D eigenvalue weighted by Crippen LogP contribution is -2.09. The average molecular weight is 776 g/mol. The molecule has 58 heavy (non-hydrogen) atoms. The van der Waals surface area contributed by atoms with Crippen LogP contribution in [0.5, 0.6) is 0 Å². The van der Waals surface area contributed by atoms with E-state index in [4.69, 9.17) is 4.42 Å². The normalized spacial score (nSPS) is 11.8. The first-order chi connectivity index (χ1) is 28.7. The van der Waals surface area contributed by atoms with E-state index in [2.05, 4.69) is 193 Å². The van der Waals surface area contributed by atoms with E-state index in [-0.39, 0.29) is 0 Å². The molecule has 0 fully saturated rings. The minimum Gasteiger partial charge on any atom is -0.456 e. The van der Waals surface area contributed by atoms with Gasteiger partial charge in [0.15, 0.2) is 0 Å². The molecule has 0 aliphatic rings. The molecule has 0 spiro atoms. The lowest BCUT2D eigenvalue weighted by atomic mass is 10.0. The number of rotatable bonds is 6. The summed E-state index contributed by atoms with van der Waals surface area (Å²) >= 11 is 3.72. The molecule has 9 aromatic carbocycles. The smallest absolute Gasteiger partial charge is 0.135 e. The van der Waals surface area contributed by atoms with Gasteiger partial charge in [0.2, 0.25) is 0 Å². The Balaban J connectivity index is 0.923. The predicted octanol–water partition coefficient (Wildman–Crippen LogP) is 16.8. The number of hydrogen-bond acceptors (Lipinski definition) is 4. The van der Waals surface area contributed by atoms with Gasteiger partial charge in [0.1, 0.15) is 11.2 Å². The lowest BCUT2D eigenvalue weighted by Gasteiger charge is -2.26. The van der Waals surface area contributed by atoms with Crippen molar-refractivity contribution in [1.82, 2.24) is 0 Å². The number of para-hydroxylation sites is 1. The van der Waals surface area contributed by atoms with Crippen molar-refractivity contribution in [2.75, 3.05) is 4.90 Å². The van der Waals surface area contributed by atoms with E-state index in [0.717, 1.165) is 50.1 Å². The summed E-state index contributed by atoms with van der Waals surface area (Å²) in [6, 6.07) is 72.8. The van der Waals surface area contributed by atoms with Gasteiger partial charge in [-0.2, -0.15) is 0 Å². The van der Waals surface area contributed by atoms with Crippen molar-refractivity contribution in [1.29, 1.82) is 0 Å². The van der Waals surface area contributed by atoms with Crippen molar-refractivity contribution in [3.05, 3.63) is 200 Å². The highest BCUT2D eigenvalue weighted by atomic mass is 32.1. The van der Waals surface area contributed by atoms with Crippen LogP contribution in [0.1, 0.15) is 0 Å². The van der Waals surface area contributed by atoms with Crippen LogP contribution in [0.4, 0.5) is 17.1 Å². The maximum Gasteiger partial charge on any atom is 0.135 e. The Bertz CT molecular complexity index is 3120. The Kier molecular flexibility index (Phi) is 7.62. The van der Waals surface area contributed by atoms with Gasteiger partial charge in [-0.15, -0.1) is 22.7 Å². The second-order valence-electron chi connectivity index (χ2n) is 14.9. The number of furan rings is 1. The van der Waals surface area contributed by atoms with Crippen LogP contribution in [0.15, 0.2) is 205 Å². The van der Waals surface area contributed by atoms with Gasteiger partial charge in [-0.3, -0.25) is 0 Å². The maximum atomic E-state index is 6.12. The zero-order chi connectivity index (χ0) is 38.2. The van der Waals surface area contributed by atoms with Crippen LogP contribution >= 0.6 is 22.7 Å². The number of nitrogens with zero attached hydrogens (tertiary/aromatic N) is 1. The number of benzene rings is 9. The van der Waals surface area contributed by atoms with Gasteiger partial charge >= 0.3 is 0 Å². The molecule has 4 heteroatoms. The van der Waals surface area contributed by atoms with Crippen LogP contribution in [-0.2, 0) is 0 Å². The molecule has 2 nitrogen and oxygen atoms in total. The molecule has 0 saturated heterocycles. The molecular formula is C54H33NOS2. The molecule has 0 bridgehead atoms. The molecule has 0 amide bonds. The van der Waals surface area contributed by atoms with Crippen LogP contribution in [0, 0.1) is 0 Å². The van der Waals surface area contributed by atoms with Crippen LogP contribution in [0.3, 0.4) is 0 Å². The molecular weight excluding hydrogens is 743 g/mol. The Morgan fingerprint density at radius 1 is 0.276 bits per heavy atom. The lowest BCUT2D eigenvalue weighted by molar-refractivity contribution is 0.669. The largest absolute Gasteiger partial charge is 0.456 e. The average Bonchev–Trinajstić information content (AvgIpc) is 3.98. The minimum atomic E-state index is 0.909. The monoisotopic (exact) mass is 775 g/mol. The van der Waals surface area contributed by atoms with Gasteiger partial charge in [-0.25, -0.2) is 0 Å². The standard InChI is InChI=1S/C54H33NOS2/c1-4-10-49-43(7-1)46-31-37(19-28-50(46)56-49)34-13-22-40(23-14-34)55(41-24-15-35(16-25-41)38-20-29-53-47(32-38)44-8-2-5-11-51(44)57-53)42-26-17-36(18-27-42)39-21-30-54-48(33-39)45-9-3-6-12-52(45)58-54/h1-33H. The second-order valence-corrected chi connectivity index (χ2v) is 17.1. The molecule has 12 aromatic rings. The first-order valence-corrected chi connectivity index (χ1v) is 21.2. The van der Waals surface area contributed by atoms with Gasteiger partial charge in [0.05, 0.1) is 0 Å². The van der Waals surface area contributed by atoms with Crippen molar-refractivity contribution < 1.29 is 4.42 Å². The van der Waals surface area contributed by atoms with Gasteiger partial charge < -0.3 is 9.32 Å². The summed E-state index contributed by atoms with van der Waals surface area (Å²) in [5.74, 6) is 0. The Morgan fingerprint density at radius 2 is 0.638 bits per heavy atom. The van der Waals surface area contributed by atoms with Gasteiger partial charge in [0.25, 0.3) is 0 Å². The molecule has 3 heterocycles. The maximum absolute atomic E-state index is 6.12. The topological polar surface area (TPSA) is 16.4 Å². The second kappa shape index (κ2) is 13.3. The first kappa shape index (κ1) is 33.2. The summed E-state index contributed by atoms with van der Waals surface area (Å²) in [6.07, 6.45) is 0. The highest BCUT2D eigenvalue weighted by Gasteiger charge is 2.16. The van der Waals surface area contributed by atoms with Gasteiger partial charge in [-0.05, 0) is 124 Å². The van der Waals surface area contributed by atoms with Crippen molar-refractivity contribution in [2.45, 2.75) is 0 Å². The van der Waals surface area contributed by atoms with E-state index in [1.54, 1.807) is 0 Å². The summed E-state index contributed by atoms with van der Waals surface area (Å²) in [4.78, 5) is 2.36. The highest BCUT2D eigenvalue weighted by molar-refractivity contribution is 7.26. The zero-order valence-corrected chi connectivity index (χ0v) is 32.9. The quantitative estimate of drug-likeness (QED) is 0.167. The molecule has 0 unspecified atom stereocenters. The van der Waals surface area contributed by atoms with Crippen LogP contribution < -0.4 is 4.90 Å². The van der Waals surface area contributed by atoms with Crippen molar-refractivity contribution in [3.63, 3.8) is 0 Å². The fourth-order valence-corrected chi connectivity index (χ4v) is 10.7. The summed E-state index contributed by atoms with van der Waals surface area (Å²) in [6.45, 7) is 0. The highest BCUT2D eigenvalue weighted by Crippen LogP contribution is 2.41. The van der Waals surface area contributed by atoms with Gasteiger partial charge in [-0.1, -0.05) is 109 Å². The summed E-state index contributed by atoms with van der Waals surface area (Å²) in [5, 5.41) is 7.55. The van der Waals surface area contributed by atoms with Crippen molar-refractivity contribution in [2.24, 2.45) is 0 Å². The van der Waals surface area contributed by atoms with E-state index in [1.165, 1.54) is 62.6 Å². The van der Waals surface area contributed by atoms with Crippen molar-refractivity contribution in [3.8, 4) is 33.4 Å². The molecule has 0 saturated carbocycles. The fourth-order valence-electron chi connectivity index (χ4n) is 8.57. The number of hydrogen-bond donors (Lipinski definition) is 0. The van der Waals surface area contributed by atoms with E-state index in [9.17, 15) is 0 Å².